The van der Waals surface area contributed by atoms with Crippen LogP contribution < -0.4 is 0 Å². The molecule has 2 atom stereocenters. The Kier molecular flexibility index (Phi) is 1.93. The average Bonchev–Trinajstić information content (AvgIpc) is 2.40. The van der Waals surface area contributed by atoms with Crippen molar-refractivity contribution in [1.82, 2.24) is 0 Å². The van der Waals surface area contributed by atoms with Gasteiger partial charge in [-0.15, -0.1) is 11.6 Å². The Morgan fingerprint density at radius 3 is 1.90 bits per heavy atom. The van der Waals surface area contributed by atoms with Crippen molar-refractivity contribution in [2.45, 2.75) is 49.8 Å². The van der Waals surface area contributed by atoms with Crippen LogP contribution in [0.25, 0.3) is 0 Å². The van der Waals surface area contributed by atoms with E-state index in [1.54, 1.807) is 0 Å². The van der Waals surface area contributed by atoms with E-state index in [4.69, 9.17) is 11.6 Å². The van der Waals surface area contributed by atoms with Gasteiger partial charge in [0.05, 0.1) is 8.07 Å². The van der Waals surface area contributed by atoms with Gasteiger partial charge < -0.3 is 0 Å². The lowest BCUT2D eigenvalue weighted by atomic mass is 10.3. The molecule has 0 aromatic rings. The van der Waals surface area contributed by atoms with Gasteiger partial charge in [0.1, 0.15) is 0 Å². The molecule has 1 rings (SSSR count). The highest BCUT2D eigenvalue weighted by molar-refractivity contribution is 6.81. The molecule has 0 nitrogen and oxygen atoms in total. The molecule has 2 unspecified atom stereocenters. The molecule has 0 aromatic carbocycles. The van der Waals surface area contributed by atoms with Gasteiger partial charge in [0, 0.05) is 5.38 Å². The van der Waals surface area contributed by atoms with E-state index in [2.05, 4.69) is 26.6 Å². The van der Waals surface area contributed by atoms with Gasteiger partial charge in [0.15, 0.2) is 0 Å². The topological polar surface area (TPSA) is 0 Å². The number of hydrogen-bond acceptors (Lipinski definition) is 0. The molecule has 0 N–H and O–H groups in total. The number of alkyl halides is 1. The highest BCUT2D eigenvalue weighted by atomic mass is 35.5. The van der Waals surface area contributed by atoms with Crippen LogP contribution in [0.4, 0.5) is 0 Å². The average molecular weight is 177 g/mol. The van der Waals surface area contributed by atoms with Gasteiger partial charge >= 0.3 is 0 Å². The molecule has 2 heteroatoms. The predicted molar refractivity (Wildman–Crippen MR) is 50.6 cm³/mol. The SMILES string of the molecule is CCC1([Si](C)(C)C)CC1Cl. The molecule has 0 radical (unpaired) electrons. The zero-order valence-electron chi connectivity index (χ0n) is 7.37. The zero-order valence-corrected chi connectivity index (χ0v) is 9.13. The third-order valence-electron chi connectivity index (χ3n) is 3.11. The first-order valence-electron chi connectivity index (χ1n) is 4.08. The van der Waals surface area contributed by atoms with Crippen molar-refractivity contribution >= 4 is 19.7 Å². The van der Waals surface area contributed by atoms with E-state index >= 15 is 0 Å². The lowest BCUT2D eigenvalue weighted by molar-refractivity contribution is 0.787. The van der Waals surface area contributed by atoms with Crippen LogP contribution in [-0.2, 0) is 0 Å². The molecule has 1 saturated carbocycles. The van der Waals surface area contributed by atoms with Gasteiger partial charge in [-0.25, -0.2) is 0 Å². The minimum Gasteiger partial charge on any atom is -0.123 e. The standard InChI is InChI=1S/C8H17ClSi/c1-5-8(6-7(8)9)10(2,3)4/h7H,5-6H2,1-4H3. The van der Waals surface area contributed by atoms with Gasteiger partial charge in [0.25, 0.3) is 0 Å². The molecule has 0 aliphatic heterocycles. The minimum absolute atomic E-state index is 0.504. The predicted octanol–water partition coefficient (Wildman–Crippen LogP) is 3.49. The van der Waals surface area contributed by atoms with Crippen LogP contribution in [-0.4, -0.2) is 13.5 Å². The maximum absolute atomic E-state index is 6.13. The normalized spacial score (nSPS) is 39.9. The second-order valence-electron chi connectivity index (χ2n) is 4.43. The molecule has 0 aromatic heterocycles. The van der Waals surface area contributed by atoms with Crippen LogP contribution in [0, 0.1) is 0 Å². The van der Waals surface area contributed by atoms with Crippen molar-refractivity contribution in [2.75, 3.05) is 0 Å². The van der Waals surface area contributed by atoms with E-state index in [-0.39, 0.29) is 0 Å². The third-order valence-corrected chi connectivity index (χ3v) is 7.76. The van der Waals surface area contributed by atoms with Gasteiger partial charge in [0.2, 0.25) is 0 Å². The summed E-state index contributed by atoms with van der Waals surface area (Å²) in [6.07, 6.45) is 2.57. The summed E-state index contributed by atoms with van der Waals surface area (Å²) in [4.78, 5) is 0. The molecule has 0 saturated heterocycles. The van der Waals surface area contributed by atoms with Crippen LogP contribution in [0.1, 0.15) is 19.8 Å². The zero-order chi connectivity index (χ0) is 7.99. The first-order chi connectivity index (χ1) is 4.44. The Morgan fingerprint density at radius 1 is 1.50 bits per heavy atom. The number of rotatable bonds is 2. The monoisotopic (exact) mass is 176 g/mol. The molecular weight excluding hydrogens is 160 g/mol. The van der Waals surface area contributed by atoms with Crippen molar-refractivity contribution in [3.05, 3.63) is 0 Å². The summed E-state index contributed by atoms with van der Waals surface area (Å²) in [5, 5.41) is 1.10. The fourth-order valence-corrected chi connectivity index (χ4v) is 6.29. The highest BCUT2D eigenvalue weighted by Crippen LogP contribution is 2.65. The maximum Gasteiger partial charge on any atom is 0.0524 e. The second-order valence-corrected chi connectivity index (χ2v) is 10.5. The van der Waals surface area contributed by atoms with Gasteiger partial charge in [-0.05, 0) is 11.5 Å². The third kappa shape index (κ3) is 1.04. The summed E-state index contributed by atoms with van der Waals surface area (Å²) < 4.78 is 0. The molecule has 0 heterocycles. The van der Waals surface area contributed by atoms with Crippen molar-refractivity contribution in [3.63, 3.8) is 0 Å². The summed E-state index contributed by atoms with van der Waals surface area (Å²) in [7, 11) is -0.969. The summed E-state index contributed by atoms with van der Waals surface area (Å²) in [6, 6.07) is 0. The van der Waals surface area contributed by atoms with Crippen molar-refractivity contribution in [1.29, 1.82) is 0 Å². The molecule has 0 spiro atoms. The molecule has 0 bridgehead atoms. The summed E-state index contributed by atoms with van der Waals surface area (Å²) in [5.74, 6) is 0. The largest absolute Gasteiger partial charge is 0.123 e. The molecular formula is C8H17ClSi. The molecule has 1 aliphatic carbocycles. The summed E-state index contributed by atoms with van der Waals surface area (Å²) >= 11 is 6.13. The van der Waals surface area contributed by atoms with Crippen LogP contribution in [0.3, 0.4) is 0 Å². The maximum atomic E-state index is 6.13. The first-order valence-corrected chi connectivity index (χ1v) is 8.02. The first kappa shape index (κ1) is 8.60. The van der Waals surface area contributed by atoms with E-state index in [0.29, 0.717) is 10.4 Å². The molecule has 60 valence electrons. The van der Waals surface area contributed by atoms with Crippen LogP contribution in [0.5, 0.6) is 0 Å². The van der Waals surface area contributed by atoms with E-state index in [1.807, 2.05) is 0 Å². The van der Waals surface area contributed by atoms with Gasteiger partial charge in [-0.1, -0.05) is 33.0 Å². The van der Waals surface area contributed by atoms with Crippen molar-refractivity contribution in [2.24, 2.45) is 0 Å². The molecule has 1 fully saturated rings. The van der Waals surface area contributed by atoms with Crippen LogP contribution in [0.2, 0.25) is 24.7 Å². The smallest absolute Gasteiger partial charge is 0.0524 e. The van der Waals surface area contributed by atoms with Crippen LogP contribution >= 0.6 is 11.6 Å². The van der Waals surface area contributed by atoms with Crippen molar-refractivity contribution in [3.8, 4) is 0 Å². The minimum atomic E-state index is -0.969. The Labute approximate surface area is 70.0 Å². The lowest BCUT2D eigenvalue weighted by Crippen LogP contribution is -2.30. The quantitative estimate of drug-likeness (QED) is 0.447. The number of hydrogen-bond donors (Lipinski definition) is 0. The van der Waals surface area contributed by atoms with E-state index in [0.717, 1.165) is 0 Å². The Balaban J connectivity index is 2.69. The fourth-order valence-electron chi connectivity index (χ4n) is 1.93. The highest BCUT2D eigenvalue weighted by Gasteiger charge is 2.59. The van der Waals surface area contributed by atoms with Crippen molar-refractivity contribution < 1.29 is 0 Å². The Morgan fingerprint density at radius 2 is 1.90 bits per heavy atom. The number of halogens is 1. The summed E-state index contributed by atoms with van der Waals surface area (Å²) in [6.45, 7) is 9.57. The molecule has 0 amide bonds. The summed E-state index contributed by atoms with van der Waals surface area (Å²) in [5.41, 5.74) is 0. The van der Waals surface area contributed by atoms with E-state index in [9.17, 15) is 0 Å². The Bertz CT molecular complexity index is 135. The van der Waals surface area contributed by atoms with E-state index < -0.39 is 8.07 Å². The molecule has 10 heavy (non-hydrogen) atoms. The second kappa shape index (κ2) is 2.24. The van der Waals surface area contributed by atoms with E-state index in [1.165, 1.54) is 12.8 Å². The molecule has 1 aliphatic rings. The van der Waals surface area contributed by atoms with Gasteiger partial charge in [-0.3, -0.25) is 0 Å². The lowest BCUT2D eigenvalue weighted by Gasteiger charge is -2.28. The van der Waals surface area contributed by atoms with Crippen LogP contribution in [0.15, 0.2) is 0 Å². The van der Waals surface area contributed by atoms with Gasteiger partial charge in [-0.2, -0.15) is 0 Å². The Hall–Kier alpha value is 0.507. The fraction of sp³-hybridized carbons (Fsp3) is 1.00.